The van der Waals surface area contributed by atoms with Crippen molar-refractivity contribution in [2.45, 2.75) is 97.4 Å². The number of imidazole rings is 1. The average molecular weight is 1080 g/mol. The molecule has 0 saturated heterocycles. The summed E-state index contributed by atoms with van der Waals surface area (Å²) in [5.41, 5.74) is 16.6. The smallest absolute Gasteiger partial charge is 0.0608 e. The van der Waals surface area contributed by atoms with Gasteiger partial charge in [-0.05, 0) is 40.2 Å². The van der Waals surface area contributed by atoms with E-state index in [1.807, 2.05) is 6.20 Å². The molecule has 10 aromatic rings. The van der Waals surface area contributed by atoms with Crippen molar-refractivity contribution in [3.63, 3.8) is 0 Å². The van der Waals surface area contributed by atoms with Crippen LogP contribution in [0.3, 0.4) is 0 Å². The van der Waals surface area contributed by atoms with Gasteiger partial charge >= 0.3 is 315 Å². The molecule has 0 amide bonds. The topological polar surface area (TPSA) is 36.9 Å². The standard InChI is InChI=1S/C63H58N4O.Pt/c1-61(2,3)44-26-31-55-53(34-44)49-29-28-48(39-58(49)67(55)59-37-45(32-33-64-59)62(4,5)6)68-47-27-24-43-25-30-54(50(43)38-47)65-40-66(57-23-17-16-22-56(57)65)60-51(41-18-12-10-13-19-41)35-46(63(7,8)9)36-52(60)42-20-14-11-15-21-42;/h10-24,26-29,31-37,54H,25,30H2,1-9H3;/q-2;. The van der Waals surface area contributed by atoms with Gasteiger partial charge in [-0.1, -0.05) is 53.7 Å². The van der Waals surface area contributed by atoms with Crippen LogP contribution in [0.1, 0.15) is 103 Å². The van der Waals surface area contributed by atoms with E-state index in [0.29, 0.717) is 11.5 Å². The number of pyridine rings is 1. The van der Waals surface area contributed by atoms with Crippen molar-refractivity contribution in [3.8, 4) is 45.3 Å². The summed E-state index contributed by atoms with van der Waals surface area (Å²) >= 11 is 2.59. The zero-order valence-corrected chi connectivity index (χ0v) is 43.3. The van der Waals surface area contributed by atoms with Crippen molar-refractivity contribution in [1.29, 1.82) is 0 Å². The van der Waals surface area contributed by atoms with Gasteiger partial charge < -0.3 is 0 Å². The first-order chi connectivity index (χ1) is 33.0. The molecule has 0 N–H and O–H groups in total. The summed E-state index contributed by atoms with van der Waals surface area (Å²) in [4.78, 5) is 4.95. The van der Waals surface area contributed by atoms with E-state index < -0.39 is 0 Å². The van der Waals surface area contributed by atoms with E-state index in [4.69, 9.17) is 9.72 Å². The van der Waals surface area contributed by atoms with Crippen molar-refractivity contribution in [1.82, 2.24) is 18.7 Å². The van der Waals surface area contributed by atoms with Crippen LogP contribution in [0.5, 0.6) is 11.5 Å². The van der Waals surface area contributed by atoms with Crippen molar-refractivity contribution < 1.29 is 24.1 Å². The molecule has 0 spiro atoms. The monoisotopic (exact) mass is 1080 g/mol. The first-order valence-electron chi connectivity index (χ1n) is 24.2. The Morgan fingerprint density at radius 1 is 0.551 bits per heavy atom. The molecule has 11 rings (SSSR count). The van der Waals surface area contributed by atoms with E-state index in [1.165, 1.54) is 66.7 Å². The van der Waals surface area contributed by atoms with Gasteiger partial charge in [0.05, 0.1) is 0 Å². The minimum absolute atomic E-state index is 0.000244. The fraction of sp³-hybridized carbons (Fsp3) is 0.238. The van der Waals surface area contributed by atoms with E-state index in [0.717, 1.165) is 44.4 Å². The zero-order valence-electron chi connectivity index (χ0n) is 41.0. The molecule has 348 valence electrons. The molecule has 1 atom stereocenters. The molecule has 6 heteroatoms. The molecule has 7 aromatic carbocycles. The van der Waals surface area contributed by atoms with E-state index in [2.05, 4.69) is 259 Å². The van der Waals surface area contributed by atoms with Crippen LogP contribution in [0.15, 0.2) is 158 Å². The van der Waals surface area contributed by atoms with Crippen molar-refractivity contribution >= 4 is 32.8 Å². The number of aryl methyl sites for hydroxylation is 1. The fourth-order valence-electron chi connectivity index (χ4n) is 10.2. The van der Waals surface area contributed by atoms with Crippen molar-refractivity contribution in [2.75, 3.05) is 0 Å². The second-order valence-corrected chi connectivity index (χ2v) is 22.8. The molecule has 3 heterocycles. The van der Waals surface area contributed by atoms with Crippen LogP contribution in [0.4, 0.5) is 0 Å². The molecule has 69 heavy (non-hydrogen) atoms. The van der Waals surface area contributed by atoms with Crippen LogP contribution >= 0.6 is 0 Å². The van der Waals surface area contributed by atoms with Gasteiger partial charge in [0, 0.05) is 6.20 Å². The Bertz CT molecular complexity index is 3610. The number of benzene rings is 7. The van der Waals surface area contributed by atoms with Gasteiger partial charge in [-0.3, -0.25) is 0 Å². The maximum atomic E-state index is 6.84. The number of rotatable bonds is 7. The Balaban J connectivity index is 1.04. The van der Waals surface area contributed by atoms with Gasteiger partial charge in [-0.15, -0.1) is 0 Å². The van der Waals surface area contributed by atoms with E-state index in [1.54, 1.807) is 0 Å². The molecular formula is C63H58N4OPt-2. The van der Waals surface area contributed by atoms with Crippen molar-refractivity contribution in [2.24, 2.45) is 0 Å². The summed E-state index contributed by atoms with van der Waals surface area (Å²) in [6.07, 6.45) is 3.84. The number of hydrogen-bond acceptors (Lipinski definition) is 2. The van der Waals surface area contributed by atoms with Crippen LogP contribution in [0, 0.1) is 15.9 Å². The summed E-state index contributed by atoms with van der Waals surface area (Å²) in [6, 6.07) is 62.9. The molecular weight excluding hydrogens is 1020 g/mol. The van der Waals surface area contributed by atoms with Crippen molar-refractivity contribution in [3.05, 3.63) is 202 Å². The predicted octanol–water partition coefficient (Wildman–Crippen LogP) is 16.2. The summed E-state index contributed by atoms with van der Waals surface area (Å²) in [5.74, 6) is 2.19. The number of para-hydroxylation sites is 2. The Labute approximate surface area is 417 Å². The zero-order chi connectivity index (χ0) is 48.0. The predicted molar refractivity (Wildman–Crippen MR) is 281 cm³/mol. The number of hydrogen-bond donors (Lipinski definition) is 0. The van der Waals surface area contributed by atoms with Crippen LogP contribution in [0.25, 0.3) is 66.6 Å². The first kappa shape index (κ1) is 44.9. The number of aromatic nitrogens is 4. The molecule has 0 radical (unpaired) electrons. The van der Waals surface area contributed by atoms with E-state index >= 15 is 0 Å². The molecule has 1 aliphatic carbocycles. The third kappa shape index (κ3) is 8.03. The average Bonchev–Trinajstić information content (AvgIpc) is 3.99. The Morgan fingerprint density at radius 2 is 1.14 bits per heavy atom. The third-order valence-corrected chi connectivity index (χ3v) is 15.1. The van der Waals surface area contributed by atoms with E-state index in [-0.39, 0.29) is 22.3 Å². The Hall–Kier alpha value is -6.55. The van der Waals surface area contributed by atoms with Gasteiger partial charge in [-0.2, -0.15) is 0 Å². The van der Waals surface area contributed by atoms with Gasteiger partial charge in [0.25, 0.3) is 0 Å². The third-order valence-electron chi connectivity index (χ3n) is 14.1. The summed E-state index contributed by atoms with van der Waals surface area (Å²) in [6.45, 7) is 20.5. The van der Waals surface area contributed by atoms with Gasteiger partial charge in [0.2, 0.25) is 0 Å². The quantitative estimate of drug-likeness (QED) is 0.149. The molecule has 0 aliphatic heterocycles. The molecule has 5 nitrogen and oxygen atoms in total. The molecule has 3 aromatic heterocycles. The van der Waals surface area contributed by atoms with Crippen LogP contribution in [-0.4, -0.2) is 18.7 Å². The van der Waals surface area contributed by atoms with Gasteiger partial charge in [0.1, 0.15) is 0 Å². The Kier molecular flexibility index (Phi) is 11.0. The summed E-state index contributed by atoms with van der Waals surface area (Å²) in [7, 11) is 0. The summed E-state index contributed by atoms with van der Waals surface area (Å²) in [5, 5.41) is 2.30. The van der Waals surface area contributed by atoms with Crippen LogP contribution < -0.4 is 4.74 Å². The number of fused-ring (bicyclic) bond motifs is 5. The molecule has 1 unspecified atom stereocenters. The fourth-order valence-corrected chi connectivity index (χ4v) is 11.4. The molecule has 1 aliphatic rings. The normalized spacial score (nSPS) is 14.3. The second-order valence-electron chi connectivity index (χ2n) is 21.8. The SMILES string of the molecule is CC(C)(C)c1ccnc(-n2c3[c-]c(Oc4[c-]c5c(cc4)CCC5n4[c](=[Pt])n(-c5c(-c6ccccc6)cc(C(C)(C)C)cc5-c5ccccc5)c5ccccc54)ccc3c3cc(C(C)(C)C)ccc32)c1. The van der Waals surface area contributed by atoms with Crippen LogP contribution in [-0.2, 0) is 42.0 Å². The van der Waals surface area contributed by atoms with Crippen LogP contribution in [0.2, 0.25) is 0 Å². The van der Waals surface area contributed by atoms with Gasteiger partial charge in [0.15, 0.2) is 0 Å². The first-order valence-corrected chi connectivity index (χ1v) is 25.3. The van der Waals surface area contributed by atoms with Gasteiger partial charge in [-0.25, -0.2) is 4.98 Å². The minimum atomic E-state index is -0.0614. The molecule has 0 saturated carbocycles. The number of ether oxygens (including phenoxy) is 1. The molecule has 0 fully saturated rings. The second kappa shape index (κ2) is 16.8. The summed E-state index contributed by atoms with van der Waals surface area (Å²) < 4.78 is 15.3. The van der Waals surface area contributed by atoms with E-state index in [9.17, 15) is 0 Å². The molecule has 0 bridgehead atoms. The Morgan fingerprint density at radius 3 is 1.80 bits per heavy atom. The maximum absolute atomic E-state index is 6.84. The minimum Gasteiger partial charge on any atom is -0.0608 e. The number of nitrogens with zero attached hydrogens (tertiary/aromatic N) is 4.